The van der Waals surface area contributed by atoms with Gasteiger partial charge >= 0.3 is 23.1 Å². The molecule has 11 heteroatoms. The molecule has 0 bridgehead atoms. The zero-order chi connectivity index (χ0) is 12.2. The minimum Gasteiger partial charge on any atom is -0.662 e. The van der Waals surface area contributed by atoms with Crippen molar-refractivity contribution in [3.8, 4) is 0 Å². The van der Waals surface area contributed by atoms with Gasteiger partial charge in [0.15, 0.2) is 0 Å². The Kier molecular flexibility index (Phi) is 198. The van der Waals surface area contributed by atoms with Crippen molar-refractivity contribution in [2.75, 3.05) is 0 Å². The van der Waals surface area contributed by atoms with Crippen LogP contribution in [0.25, 0.3) is 0 Å². The fraction of sp³-hybridized carbons (Fsp3) is 0. The van der Waals surface area contributed by atoms with E-state index in [1.165, 1.54) is 0 Å². The first-order chi connectivity index (χ1) is 6.66. The molecule has 0 aromatic carbocycles. The van der Waals surface area contributed by atoms with Crippen LogP contribution >= 0.6 is 0 Å². The molecule has 0 saturated heterocycles. The number of carbonyl (C=O) groups is 2. The van der Waals surface area contributed by atoms with E-state index >= 15 is 0 Å². The third-order valence-corrected chi connectivity index (χ3v) is 0.0823. The van der Waals surface area contributed by atoms with Crippen molar-refractivity contribution in [2.24, 2.45) is 0 Å². The molecule has 0 spiro atoms. The molecular weight excluding hydrogens is 224 g/mol. The van der Waals surface area contributed by atoms with Crippen molar-refractivity contribution in [3.05, 3.63) is 0 Å². The van der Waals surface area contributed by atoms with E-state index in [2.05, 4.69) is 9.78 Å². The predicted octanol–water partition coefficient (Wildman–Crippen LogP) is -3.34. The van der Waals surface area contributed by atoms with Crippen LogP contribution in [-0.2, 0) is 38.5 Å². The van der Waals surface area contributed by atoms with Gasteiger partial charge in [0.25, 0.3) is 6.47 Å². The number of hydrogen-bond donors (Lipinski definition) is 1. The molecule has 90 valence electrons. The van der Waals surface area contributed by atoms with Gasteiger partial charge in [-0.2, -0.15) is 19.2 Å². The summed E-state index contributed by atoms with van der Waals surface area (Å²) in [5.41, 5.74) is 0. The van der Waals surface area contributed by atoms with E-state index < -0.39 is 0 Å². The second-order valence-corrected chi connectivity index (χ2v) is 0.561. The average Bonchev–Trinajstić information content (AvgIpc) is 2.20. The van der Waals surface area contributed by atoms with Gasteiger partial charge in [0.05, 0.1) is 0 Å². The molecule has 0 saturated carbocycles. The predicted molar refractivity (Wildman–Crippen MR) is 36.0 cm³/mol. The summed E-state index contributed by atoms with van der Waals surface area (Å²) in [5.74, 6) is 0. The van der Waals surface area contributed by atoms with Gasteiger partial charge in [-0.3, -0.25) is 9.59 Å². The molecule has 0 aromatic rings. The average molecular weight is 234 g/mol. The molecule has 15 heavy (non-hydrogen) atoms. The molecule has 11 nitrogen and oxygen atoms in total. The van der Waals surface area contributed by atoms with Gasteiger partial charge in [0.2, 0.25) is 0 Å². The molecule has 0 aromatic heterocycles. The summed E-state index contributed by atoms with van der Waals surface area (Å²) in [6.07, 6.45) is 0.500. The van der Waals surface area contributed by atoms with Crippen molar-refractivity contribution < 1.29 is 60.2 Å². The Hall–Kier alpha value is -2.42. The Morgan fingerprint density at radius 3 is 1.27 bits per heavy atom. The van der Waals surface area contributed by atoms with Crippen LogP contribution in [0, 0.1) is 0 Å². The van der Waals surface area contributed by atoms with Gasteiger partial charge in [-0.15, -0.1) is 0 Å². The second kappa shape index (κ2) is 101. The van der Waals surface area contributed by atoms with Crippen LogP contribution in [-0.4, -0.2) is 36.0 Å². The van der Waals surface area contributed by atoms with Crippen LogP contribution in [0.2, 0.25) is 0 Å². The molecule has 0 amide bonds. The minimum absolute atomic E-state index is 0. The quantitative estimate of drug-likeness (QED) is 0.286. The highest BCUT2D eigenvalue weighted by Gasteiger charge is 1.47. The van der Waals surface area contributed by atoms with Crippen molar-refractivity contribution in [1.82, 2.24) is 0 Å². The zero-order valence-electron chi connectivity index (χ0n) is 9.78. The largest absolute Gasteiger partial charge is 1.00 e. The normalized spacial score (nSPS) is 3.87. The summed E-state index contributed by atoms with van der Waals surface area (Å²) >= 11 is 0. The van der Waals surface area contributed by atoms with E-state index in [1.807, 2.05) is 0 Å². The SMILES string of the molecule is O.O=C=O.O=C=O.O=COO.O=CO[O-].[H+].[H+].[H+].[HH]. The summed E-state index contributed by atoms with van der Waals surface area (Å²) in [5, 5.41) is 15.4. The molecule has 0 heterocycles. The van der Waals surface area contributed by atoms with Crippen LogP contribution in [0.3, 0.4) is 0 Å². The van der Waals surface area contributed by atoms with Crippen LogP contribution in [0.1, 0.15) is 5.71 Å². The first-order valence-electron chi connectivity index (χ1n) is 2.11. The summed E-state index contributed by atoms with van der Waals surface area (Å²) in [7, 11) is 0. The first kappa shape index (κ1) is 29.4. The molecule has 0 aliphatic heterocycles. The Labute approximate surface area is 86.9 Å². The molecule has 0 rings (SSSR count). The van der Waals surface area contributed by atoms with Crippen LogP contribution in [0.5, 0.6) is 0 Å². The van der Waals surface area contributed by atoms with Gasteiger partial charge in [-0.05, 0) is 0 Å². The third-order valence-electron chi connectivity index (χ3n) is 0.0823. The van der Waals surface area contributed by atoms with Gasteiger partial charge < -0.3 is 20.5 Å². The first-order valence-corrected chi connectivity index (χ1v) is 2.11. The smallest absolute Gasteiger partial charge is 0.662 e. The van der Waals surface area contributed by atoms with Gasteiger partial charge in [0, 0.05) is 1.43 Å². The molecule has 3 N–H and O–H groups in total. The van der Waals surface area contributed by atoms with Crippen molar-refractivity contribution in [1.29, 1.82) is 0 Å². The van der Waals surface area contributed by atoms with E-state index in [0.717, 1.165) is 0 Å². The summed E-state index contributed by atoms with van der Waals surface area (Å²) in [6, 6.07) is 0. The fourth-order valence-corrected chi connectivity index (χ4v) is 0. The molecular formula is C4H10O11+2. The summed E-state index contributed by atoms with van der Waals surface area (Å²) < 4.78 is 0. The number of rotatable bonds is 2. The highest BCUT2D eigenvalue weighted by molar-refractivity contribution is 5.35. The fourth-order valence-electron chi connectivity index (χ4n) is 0. The van der Waals surface area contributed by atoms with Gasteiger partial charge in [-0.1, -0.05) is 0 Å². The molecule has 0 aliphatic carbocycles. The lowest BCUT2D eigenvalue weighted by Crippen LogP contribution is -2.00. The molecule has 0 aliphatic rings. The highest BCUT2D eigenvalue weighted by atomic mass is 17.1. The van der Waals surface area contributed by atoms with E-state index in [9.17, 15) is 0 Å². The second-order valence-electron chi connectivity index (χ2n) is 0.561. The molecule has 0 radical (unpaired) electrons. The maximum atomic E-state index is 8.70. The summed E-state index contributed by atoms with van der Waals surface area (Å²) in [4.78, 5) is 55.3. The van der Waals surface area contributed by atoms with Crippen molar-refractivity contribution in [2.45, 2.75) is 0 Å². The monoisotopic (exact) mass is 234 g/mol. The lowest BCUT2D eigenvalue weighted by Gasteiger charge is -1.88. The Morgan fingerprint density at radius 1 is 1.13 bits per heavy atom. The summed E-state index contributed by atoms with van der Waals surface area (Å²) in [6.45, 7) is -0.250. The van der Waals surface area contributed by atoms with Gasteiger partial charge in [0.1, 0.15) is 0 Å². The van der Waals surface area contributed by atoms with Crippen LogP contribution in [0.4, 0.5) is 0 Å². The Morgan fingerprint density at radius 2 is 1.27 bits per heavy atom. The Bertz CT molecular complexity index is 156. The third kappa shape index (κ3) is 6020. The van der Waals surface area contributed by atoms with E-state index in [1.54, 1.807) is 0 Å². The lowest BCUT2D eigenvalue weighted by molar-refractivity contribution is -0.652. The van der Waals surface area contributed by atoms with Gasteiger partial charge in [-0.25, -0.2) is 5.26 Å². The highest BCUT2D eigenvalue weighted by Crippen LogP contribution is 1.33. The van der Waals surface area contributed by atoms with Crippen LogP contribution < -0.4 is 5.26 Å². The maximum Gasteiger partial charge on any atom is 1.00 e. The maximum absolute atomic E-state index is 8.70. The molecule has 0 fully saturated rings. The number of hydrogen-bond acceptors (Lipinski definition) is 10. The van der Waals surface area contributed by atoms with E-state index in [0.29, 0.717) is 0 Å². The molecule has 0 unspecified atom stereocenters. The lowest BCUT2D eigenvalue weighted by atomic mass is 11.7. The number of carbonyl (C=O) groups excluding carboxylic acids is 6. The van der Waals surface area contributed by atoms with E-state index in [4.69, 9.17) is 39.3 Å². The standard InChI is InChI=1S/2CH2O3.2CO2.H2O.H2/c2*2-1-4-3;2*2-1-3;;/h2*1,3H;;;1H2;1H/p+2. The van der Waals surface area contributed by atoms with Crippen molar-refractivity contribution in [3.63, 3.8) is 0 Å². The topological polar surface area (TPSA) is 196 Å². The van der Waals surface area contributed by atoms with Crippen molar-refractivity contribution >= 4 is 25.2 Å². The minimum atomic E-state index is -0.181. The van der Waals surface area contributed by atoms with E-state index in [-0.39, 0.29) is 36.4 Å². The molecule has 0 atom stereocenters. The van der Waals surface area contributed by atoms with Crippen LogP contribution in [0.15, 0.2) is 0 Å². The zero-order valence-corrected chi connectivity index (χ0v) is 6.78. The Balaban J connectivity index is -0.00000000929.